The van der Waals surface area contributed by atoms with Crippen LogP contribution in [0.2, 0.25) is 0 Å². The number of aryl methyl sites for hydroxylation is 2. The van der Waals surface area contributed by atoms with Crippen LogP contribution in [0.15, 0.2) is 48.0 Å². The number of benzene rings is 2. The van der Waals surface area contributed by atoms with Crippen LogP contribution in [0.1, 0.15) is 30.5 Å². The molecular weight excluding hydrogens is 356 g/mol. The highest BCUT2D eigenvalue weighted by Crippen LogP contribution is 2.22. The molecule has 0 radical (unpaired) electrons. The number of hydrogen-bond acceptors (Lipinski definition) is 5. The van der Waals surface area contributed by atoms with Gasteiger partial charge in [0.1, 0.15) is 17.4 Å². The lowest BCUT2D eigenvalue weighted by atomic mass is 10.0. The second kappa shape index (κ2) is 9.93. The molecule has 0 unspecified atom stereocenters. The van der Waals surface area contributed by atoms with Gasteiger partial charge in [0.05, 0.1) is 0 Å². The number of phenols is 1. The van der Waals surface area contributed by atoms with Gasteiger partial charge in [0.2, 0.25) is 0 Å². The number of rotatable bonds is 7. The molecule has 1 amide bonds. The lowest BCUT2D eigenvalue weighted by Crippen LogP contribution is -2.22. The van der Waals surface area contributed by atoms with Gasteiger partial charge in [-0.2, -0.15) is 5.26 Å². The summed E-state index contributed by atoms with van der Waals surface area (Å²) < 4.78 is 4.98. The molecule has 0 aliphatic carbocycles. The Morgan fingerprint density at radius 1 is 1.11 bits per heavy atom. The Morgan fingerprint density at radius 3 is 2.25 bits per heavy atom. The molecule has 2 N–H and O–H groups in total. The summed E-state index contributed by atoms with van der Waals surface area (Å²) >= 11 is 0. The van der Waals surface area contributed by atoms with E-state index in [1.165, 1.54) is 18.2 Å². The smallest absolute Gasteiger partial charge is 0.349 e. The molecule has 0 saturated heterocycles. The van der Waals surface area contributed by atoms with Crippen LogP contribution in [-0.2, 0) is 27.2 Å². The number of nitrogens with zero attached hydrogens (tertiary/aromatic N) is 1. The highest BCUT2D eigenvalue weighted by atomic mass is 16.5. The van der Waals surface area contributed by atoms with E-state index < -0.39 is 18.5 Å². The number of ether oxygens (including phenoxy) is 1. The zero-order chi connectivity index (χ0) is 20.5. The maximum Gasteiger partial charge on any atom is 0.349 e. The number of aromatic hydroxyl groups is 1. The molecule has 0 bridgehead atoms. The van der Waals surface area contributed by atoms with Gasteiger partial charge in [-0.3, -0.25) is 4.79 Å². The first-order valence-electron chi connectivity index (χ1n) is 8.97. The molecule has 0 heterocycles. The van der Waals surface area contributed by atoms with Crippen molar-refractivity contribution in [2.45, 2.75) is 26.7 Å². The van der Waals surface area contributed by atoms with Crippen LogP contribution >= 0.6 is 0 Å². The molecule has 0 fully saturated rings. The van der Waals surface area contributed by atoms with E-state index in [1.54, 1.807) is 18.2 Å². The van der Waals surface area contributed by atoms with Crippen LogP contribution in [0.3, 0.4) is 0 Å². The number of amides is 1. The molecular formula is C22H22N2O4. The maximum absolute atomic E-state index is 12.2. The fraction of sp³-hybridized carbons (Fsp3) is 0.227. The second-order valence-corrected chi connectivity index (χ2v) is 6.04. The number of carbonyl (C=O) groups excluding carboxylic acids is 2. The summed E-state index contributed by atoms with van der Waals surface area (Å²) in [6.45, 7) is 3.50. The minimum absolute atomic E-state index is 0.0775. The van der Waals surface area contributed by atoms with E-state index in [4.69, 9.17) is 4.74 Å². The Bertz CT molecular complexity index is 902. The number of anilines is 1. The third kappa shape index (κ3) is 5.45. The average Bonchev–Trinajstić information content (AvgIpc) is 2.71. The van der Waals surface area contributed by atoms with Gasteiger partial charge in [0.25, 0.3) is 5.91 Å². The number of carbonyl (C=O) groups is 2. The summed E-state index contributed by atoms with van der Waals surface area (Å²) in [6, 6.07) is 13.6. The molecule has 0 aromatic heterocycles. The van der Waals surface area contributed by atoms with Crippen molar-refractivity contribution in [3.8, 4) is 11.8 Å². The lowest BCUT2D eigenvalue weighted by Gasteiger charge is -2.14. The summed E-state index contributed by atoms with van der Waals surface area (Å²) in [7, 11) is 0. The van der Waals surface area contributed by atoms with Gasteiger partial charge in [-0.05, 0) is 47.7 Å². The molecule has 28 heavy (non-hydrogen) atoms. The third-order valence-corrected chi connectivity index (χ3v) is 4.14. The van der Waals surface area contributed by atoms with Crippen LogP contribution in [-0.4, -0.2) is 23.6 Å². The fourth-order valence-electron chi connectivity index (χ4n) is 2.66. The van der Waals surface area contributed by atoms with Crippen LogP contribution in [0.4, 0.5) is 5.69 Å². The van der Waals surface area contributed by atoms with Gasteiger partial charge in [0, 0.05) is 5.69 Å². The summed E-state index contributed by atoms with van der Waals surface area (Å²) in [4.78, 5) is 24.3. The number of nitriles is 1. The number of esters is 1. The number of phenolic OH excluding ortho intramolecular Hbond substituents is 1. The first-order chi connectivity index (χ1) is 13.5. The molecule has 0 saturated carbocycles. The topological polar surface area (TPSA) is 99.4 Å². The molecule has 0 atom stereocenters. The van der Waals surface area contributed by atoms with E-state index in [1.807, 2.05) is 32.0 Å². The Labute approximate surface area is 164 Å². The van der Waals surface area contributed by atoms with Crippen molar-refractivity contribution < 1.29 is 19.4 Å². The predicted octanol–water partition coefficient (Wildman–Crippen LogP) is 3.61. The van der Waals surface area contributed by atoms with Gasteiger partial charge in [0.15, 0.2) is 6.61 Å². The fourth-order valence-corrected chi connectivity index (χ4v) is 2.66. The Morgan fingerprint density at radius 2 is 1.71 bits per heavy atom. The summed E-state index contributed by atoms with van der Waals surface area (Å²) in [6.07, 6.45) is 2.86. The van der Waals surface area contributed by atoms with Crippen LogP contribution < -0.4 is 5.32 Å². The van der Waals surface area contributed by atoms with E-state index in [0.717, 1.165) is 29.7 Å². The van der Waals surface area contributed by atoms with E-state index in [0.29, 0.717) is 5.56 Å². The van der Waals surface area contributed by atoms with Gasteiger partial charge in [-0.15, -0.1) is 0 Å². The Kier molecular flexibility index (Phi) is 7.35. The molecule has 0 spiro atoms. The molecule has 6 heteroatoms. The standard InChI is InChI=1S/C22H22N2O4/c1-3-16-6-5-7-17(4-2)21(16)24-20(26)14-28-22(27)18(13-23)12-15-8-10-19(25)11-9-15/h5-12,25H,3-4,14H2,1-2H3,(H,24,26)/b18-12+. The highest BCUT2D eigenvalue weighted by molar-refractivity contribution is 6.00. The largest absolute Gasteiger partial charge is 0.508 e. The van der Waals surface area contributed by atoms with Gasteiger partial charge < -0.3 is 15.2 Å². The van der Waals surface area contributed by atoms with Crippen LogP contribution in [0.25, 0.3) is 6.08 Å². The molecule has 0 aliphatic rings. The number of hydrogen-bond donors (Lipinski definition) is 2. The SMILES string of the molecule is CCc1cccc(CC)c1NC(=O)COC(=O)/C(C#N)=C/c1ccc(O)cc1. The van der Waals surface area contributed by atoms with Crippen molar-refractivity contribution in [3.63, 3.8) is 0 Å². The molecule has 2 aromatic carbocycles. The quantitative estimate of drug-likeness (QED) is 0.436. The van der Waals surface area contributed by atoms with E-state index in [2.05, 4.69) is 5.32 Å². The van der Waals surface area contributed by atoms with E-state index in [9.17, 15) is 20.0 Å². The maximum atomic E-state index is 12.2. The van der Waals surface area contributed by atoms with Crippen molar-refractivity contribution in [3.05, 3.63) is 64.7 Å². The first kappa shape index (κ1) is 20.7. The lowest BCUT2D eigenvalue weighted by molar-refractivity contribution is -0.142. The van der Waals surface area contributed by atoms with Crippen molar-refractivity contribution in [1.82, 2.24) is 0 Å². The van der Waals surface area contributed by atoms with Crippen molar-refractivity contribution in [2.75, 3.05) is 11.9 Å². The monoisotopic (exact) mass is 378 g/mol. The highest BCUT2D eigenvalue weighted by Gasteiger charge is 2.15. The normalized spacial score (nSPS) is 10.8. The molecule has 144 valence electrons. The minimum Gasteiger partial charge on any atom is -0.508 e. The predicted molar refractivity (Wildman–Crippen MR) is 106 cm³/mol. The first-order valence-corrected chi connectivity index (χ1v) is 8.97. The summed E-state index contributed by atoms with van der Waals surface area (Å²) in [5, 5.41) is 21.3. The Hall–Kier alpha value is -3.59. The molecule has 2 rings (SSSR count). The van der Waals surface area contributed by atoms with Crippen LogP contribution in [0, 0.1) is 11.3 Å². The minimum atomic E-state index is -0.884. The van der Waals surface area contributed by atoms with Gasteiger partial charge in [-0.25, -0.2) is 4.79 Å². The molecule has 0 aliphatic heterocycles. The number of nitrogens with one attached hydrogen (secondary N) is 1. The van der Waals surface area contributed by atoms with Crippen molar-refractivity contribution >= 4 is 23.6 Å². The van der Waals surface area contributed by atoms with E-state index in [-0.39, 0.29) is 11.3 Å². The molecule has 6 nitrogen and oxygen atoms in total. The van der Waals surface area contributed by atoms with Crippen LogP contribution in [0.5, 0.6) is 5.75 Å². The second-order valence-electron chi connectivity index (χ2n) is 6.04. The van der Waals surface area contributed by atoms with Crippen molar-refractivity contribution in [1.29, 1.82) is 5.26 Å². The summed E-state index contributed by atoms with van der Waals surface area (Å²) in [5.41, 5.74) is 3.07. The third-order valence-electron chi connectivity index (χ3n) is 4.14. The number of para-hydroxylation sites is 1. The van der Waals surface area contributed by atoms with Gasteiger partial charge >= 0.3 is 5.97 Å². The zero-order valence-corrected chi connectivity index (χ0v) is 15.9. The Balaban J connectivity index is 2.03. The average molecular weight is 378 g/mol. The van der Waals surface area contributed by atoms with Gasteiger partial charge in [-0.1, -0.05) is 44.2 Å². The summed E-state index contributed by atoms with van der Waals surface area (Å²) in [5.74, 6) is -1.27. The molecule has 2 aromatic rings. The zero-order valence-electron chi connectivity index (χ0n) is 15.9. The van der Waals surface area contributed by atoms with Crippen molar-refractivity contribution in [2.24, 2.45) is 0 Å². The van der Waals surface area contributed by atoms with E-state index >= 15 is 0 Å².